The van der Waals surface area contributed by atoms with Gasteiger partial charge in [-0.15, -0.1) is 0 Å². The average molecular weight is 201 g/mol. The van der Waals surface area contributed by atoms with Crippen molar-refractivity contribution in [3.63, 3.8) is 0 Å². The third kappa shape index (κ3) is 2.45. The van der Waals surface area contributed by atoms with Gasteiger partial charge in [0.15, 0.2) is 0 Å². The van der Waals surface area contributed by atoms with Crippen LogP contribution >= 0.6 is 0 Å². The van der Waals surface area contributed by atoms with Crippen molar-refractivity contribution in [2.24, 2.45) is 5.41 Å². The Kier molecular flexibility index (Phi) is 3.06. The first kappa shape index (κ1) is 10.5. The van der Waals surface area contributed by atoms with Crippen LogP contribution in [0.1, 0.15) is 6.92 Å². The van der Waals surface area contributed by atoms with Crippen LogP contribution in [0.2, 0.25) is 0 Å². The molecule has 0 radical (unpaired) electrons. The van der Waals surface area contributed by atoms with Gasteiger partial charge in [0.1, 0.15) is 13.2 Å². The molecule has 0 aliphatic carbocycles. The molecule has 1 fully saturated rings. The summed E-state index contributed by atoms with van der Waals surface area (Å²) in [5, 5.41) is 0. The van der Waals surface area contributed by atoms with Crippen molar-refractivity contribution in [1.82, 2.24) is 4.90 Å². The molecule has 78 valence electrons. The molecule has 14 heavy (non-hydrogen) atoms. The fraction of sp³-hybridized carbons (Fsp3) is 0.625. The van der Waals surface area contributed by atoms with Gasteiger partial charge in [-0.1, -0.05) is 6.92 Å². The second-order valence-electron chi connectivity index (χ2n) is 3.52. The molecule has 0 aromatic carbocycles. The molecule has 0 aromatic heterocycles. The standard InChI is InChI=1S/C8H11NO5/c1-8(2-9(5-10)6-11)3-13-7(12)14-4-8/h5-6H,2-4H2,1H3. The topological polar surface area (TPSA) is 72.9 Å². The Morgan fingerprint density at radius 1 is 1.36 bits per heavy atom. The number of nitrogens with zero attached hydrogens (tertiary/aromatic N) is 1. The lowest BCUT2D eigenvalue weighted by atomic mass is 9.92. The maximum atomic E-state index is 10.6. The first-order chi connectivity index (χ1) is 6.59. The van der Waals surface area contributed by atoms with Crippen LogP contribution in [0.15, 0.2) is 0 Å². The van der Waals surface area contributed by atoms with Gasteiger partial charge in [0.25, 0.3) is 0 Å². The zero-order valence-corrected chi connectivity index (χ0v) is 7.76. The Hall–Kier alpha value is -1.59. The van der Waals surface area contributed by atoms with E-state index in [9.17, 15) is 14.4 Å². The lowest BCUT2D eigenvalue weighted by Crippen LogP contribution is -2.45. The Labute approximate surface area is 80.8 Å². The molecule has 0 unspecified atom stereocenters. The summed E-state index contributed by atoms with van der Waals surface area (Å²) in [6.45, 7) is 2.22. The van der Waals surface area contributed by atoms with E-state index in [-0.39, 0.29) is 19.8 Å². The lowest BCUT2D eigenvalue weighted by molar-refractivity contribution is -0.133. The largest absolute Gasteiger partial charge is 0.508 e. The number of ether oxygens (including phenoxy) is 2. The number of imide groups is 1. The third-order valence-corrected chi connectivity index (χ3v) is 1.91. The summed E-state index contributed by atoms with van der Waals surface area (Å²) < 4.78 is 9.33. The van der Waals surface area contributed by atoms with E-state index < -0.39 is 11.6 Å². The number of carbonyl (C=O) groups is 3. The zero-order chi connectivity index (χ0) is 10.6. The summed E-state index contributed by atoms with van der Waals surface area (Å²) in [4.78, 5) is 32.3. The van der Waals surface area contributed by atoms with Crippen LogP contribution in [0.5, 0.6) is 0 Å². The highest BCUT2D eigenvalue weighted by Crippen LogP contribution is 2.22. The Bertz CT molecular complexity index is 234. The number of cyclic esters (lactones) is 2. The first-order valence-corrected chi connectivity index (χ1v) is 4.05. The predicted molar refractivity (Wildman–Crippen MR) is 44.2 cm³/mol. The minimum Gasteiger partial charge on any atom is -0.433 e. The number of hydrogen-bond acceptors (Lipinski definition) is 5. The molecule has 6 nitrogen and oxygen atoms in total. The fourth-order valence-electron chi connectivity index (χ4n) is 1.18. The van der Waals surface area contributed by atoms with Crippen molar-refractivity contribution in [3.8, 4) is 0 Å². The van der Waals surface area contributed by atoms with Gasteiger partial charge in [0.2, 0.25) is 12.8 Å². The van der Waals surface area contributed by atoms with Gasteiger partial charge in [-0.25, -0.2) is 4.79 Å². The van der Waals surface area contributed by atoms with Crippen LogP contribution in [0.25, 0.3) is 0 Å². The number of hydrogen-bond donors (Lipinski definition) is 0. The van der Waals surface area contributed by atoms with Gasteiger partial charge in [-0.05, 0) is 0 Å². The minimum atomic E-state index is -0.716. The highest BCUT2D eigenvalue weighted by Gasteiger charge is 2.34. The van der Waals surface area contributed by atoms with Crippen LogP contribution in [-0.2, 0) is 19.1 Å². The van der Waals surface area contributed by atoms with E-state index in [1.54, 1.807) is 6.92 Å². The molecule has 0 atom stereocenters. The van der Waals surface area contributed by atoms with Crippen LogP contribution in [0.3, 0.4) is 0 Å². The van der Waals surface area contributed by atoms with Gasteiger partial charge in [0, 0.05) is 6.54 Å². The molecule has 1 rings (SSSR count). The molecule has 0 spiro atoms. The molecule has 1 heterocycles. The monoisotopic (exact) mass is 201 g/mol. The molecular weight excluding hydrogens is 190 g/mol. The molecule has 0 aromatic rings. The van der Waals surface area contributed by atoms with Crippen molar-refractivity contribution in [3.05, 3.63) is 0 Å². The fourth-order valence-corrected chi connectivity index (χ4v) is 1.18. The molecule has 1 aliphatic rings. The molecule has 1 aliphatic heterocycles. The SMILES string of the molecule is CC1(CN(C=O)C=O)COC(=O)OC1. The quantitative estimate of drug-likeness (QED) is 0.464. The highest BCUT2D eigenvalue weighted by atomic mass is 16.7. The summed E-state index contributed by atoms with van der Waals surface area (Å²) >= 11 is 0. The van der Waals surface area contributed by atoms with E-state index in [1.807, 2.05) is 0 Å². The molecule has 6 heteroatoms. The molecule has 1 saturated heterocycles. The smallest absolute Gasteiger partial charge is 0.433 e. The predicted octanol–water partition coefficient (Wildman–Crippen LogP) is -0.226. The summed E-state index contributed by atoms with van der Waals surface area (Å²) in [7, 11) is 0. The van der Waals surface area contributed by atoms with E-state index in [0.717, 1.165) is 4.90 Å². The van der Waals surface area contributed by atoms with E-state index in [0.29, 0.717) is 12.8 Å². The summed E-state index contributed by atoms with van der Waals surface area (Å²) in [5.41, 5.74) is -0.518. The minimum absolute atomic E-state index is 0.143. The summed E-state index contributed by atoms with van der Waals surface area (Å²) in [6, 6.07) is 0. The second-order valence-corrected chi connectivity index (χ2v) is 3.52. The number of carbonyl (C=O) groups excluding carboxylic acids is 3. The summed E-state index contributed by atoms with van der Waals surface area (Å²) in [6.07, 6.45) is 0.134. The van der Waals surface area contributed by atoms with Crippen LogP contribution in [0.4, 0.5) is 4.79 Å². The third-order valence-electron chi connectivity index (χ3n) is 1.91. The van der Waals surface area contributed by atoms with Crippen LogP contribution in [0, 0.1) is 5.41 Å². The molecule has 0 N–H and O–H groups in total. The van der Waals surface area contributed by atoms with E-state index >= 15 is 0 Å². The Morgan fingerprint density at radius 2 is 1.86 bits per heavy atom. The van der Waals surface area contributed by atoms with Crippen molar-refractivity contribution in [2.75, 3.05) is 19.8 Å². The van der Waals surface area contributed by atoms with Crippen LogP contribution in [-0.4, -0.2) is 43.6 Å². The van der Waals surface area contributed by atoms with Crippen molar-refractivity contribution in [2.45, 2.75) is 6.92 Å². The molecular formula is C8H11NO5. The average Bonchev–Trinajstić information content (AvgIpc) is 2.20. The first-order valence-electron chi connectivity index (χ1n) is 4.05. The van der Waals surface area contributed by atoms with E-state index in [1.165, 1.54) is 0 Å². The van der Waals surface area contributed by atoms with Gasteiger partial charge in [0.05, 0.1) is 5.41 Å². The second kappa shape index (κ2) is 4.08. The number of amides is 2. The lowest BCUT2D eigenvalue weighted by Gasteiger charge is -2.33. The van der Waals surface area contributed by atoms with Gasteiger partial charge in [-0.2, -0.15) is 0 Å². The van der Waals surface area contributed by atoms with E-state index in [4.69, 9.17) is 0 Å². The normalized spacial score (nSPS) is 19.1. The molecule has 2 amide bonds. The maximum absolute atomic E-state index is 10.6. The Balaban J connectivity index is 2.53. The Morgan fingerprint density at radius 3 is 2.29 bits per heavy atom. The zero-order valence-electron chi connectivity index (χ0n) is 7.76. The number of rotatable bonds is 4. The van der Waals surface area contributed by atoms with E-state index in [2.05, 4.69) is 9.47 Å². The van der Waals surface area contributed by atoms with Crippen LogP contribution < -0.4 is 0 Å². The molecule has 0 bridgehead atoms. The summed E-state index contributed by atoms with van der Waals surface area (Å²) in [5.74, 6) is 0. The van der Waals surface area contributed by atoms with Crippen molar-refractivity contribution < 1.29 is 23.9 Å². The van der Waals surface area contributed by atoms with Crippen molar-refractivity contribution in [1.29, 1.82) is 0 Å². The van der Waals surface area contributed by atoms with Gasteiger partial charge >= 0.3 is 6.16 Å². The highest BCUT2D eigenvalue weighted by molar-refractivity contribution is 5.68. The molecule has 0 saturated carbocycles. The van der Waals surface area contributed by atoms with Gasteiger partial charge in [-0.3, -0.25) is 14.5 Å². The van der Waals surface area contributed by atoms with Gasteiger partial charge < -0.3 is 9.47 Å². The maximum Gasteiger partial charge on any atom is 0.508 e. The van der Waals surface area contributed by atoms with Crippen molar-refractivity contribution >= 4 is 19.0 Å².